The van der Waals surface area contributed by atoms with Crippen LogP contribution in [0.1, 0.15) is 48.5 Å². The molecule has 0 heterocycles. The van der Waals surface area contributed by atoms with Crippen molar-refractivity contribution < 1.29 is 19.1 Å². The Balaban J connectivity index is 4.75. The Kier molecular flexibility index (Phi) is 8.55. The largest absolute Gasteiger partial charge is 0.466 e. The average Bonchev–Trinajstić information content (AvgIpc) is 2.37. The number of ether oxygens (including phenoxy) is 2. The molecule has 0 amide bonds. The van der Waals surface area contributed by atoms with Crippen LogP contribution in [-0.4, -0.2) is 48.7 Å². The number of carbonyl (C=O) groups is 2. The Bertz CT molecular complexity index is 310. The fourth-order valence-corrected chi connectivity index (χ4v) is 2.00. The second-order valence-electron chi connectivity index (χ2n) is 6.38. The maximum atomic E-state index is 11.8. The fourth-order valence-electron chi connectivity index (χ4n) is 2.00. The van der Waals surface area contributed by atoms with Gasteiger partial charge in [-0.25, -0.2) is 0 Å². The van der Waals surface area contributed by atoms with Crippen LogP contribution in [0.5, 0.6) is 0 Å². The van der Waals surface area contributed by atoms with Crippen molar-refractivity contribution in [2.75, 3.05) is 26.3 Å². The SMILES string of the molecule is CCOC(=O)C(C)CN(CC(C)C(=O)OCC)C(C)(C)C. The number of nitrogens with zero attached hydrogens (tertiary/aromatic N) is 1. The Labute approximate surface area is 129 Å². The summed E-state index contributed by atoms with van der Waals surface area (Å²) >= 11 is 0. The molecule has 0 spiro atoms. The average molecular weight is 301 g/mol. The van der Waals surface area contributed by atoms with E-state index in [-0.39, 0.29) is 29.3 Å². The number of esters is 2. The molecule has 0 fully saturated rings. The summed E-state index contributed by atoms with van der Waals surface area (Å²) in [5.41, 5.74) is -0.137. The van der Waals surface area contributed by atoms with Gasteiger partial charge in [-0.05, 0) is 34.6 Å². The monoisotopic (exact) mass is 301 g/mol. The molecule has 0 rings (SSSR count). The van der Waals surface area contributed by atoms with E-state index in [1.807, 2.05) is 13.8 Å². The van der Waals surface area contributed by atoms with Gasteiger partial charge in [0.05, 0.1) is 25.0 Å². The van der Waals surface area contributed by atoms with Crippen molar-refractivity contribution in [3.05, 3.63) is 0 Å². The molecule has 5 heteroatoms. The zero-order valence-corrected chi connectivity index (χ0v) is 14.6. The minimum absolute atomic E-state index is 0.137. The molecule has 0 saturated heterocycles. The van der Waals surface area contributed by atoms with Crippen LogP contribution in [0.3, 0.4) is 0 Å². The van der Waals surface area contributed by atoms with Gasteiger partial charge >= 0.3 is 11.9 Å². The highest BCUT2D eigenvalue weighted by molar-refractivity contribution is 5.73. The van der Waals surface area contributed by atoms with E-state index in [0.717, 1.165) is 0 Å². The van der Waals surface area contributed by atoms with Crippen LogP contribution in [0.2, 0.25) is 0 Å². The number of rotatable bonds is 8. The normalized spacial score (nSPS) is 14.7. The molecule has 0 aliphatic carbocycles. The Morgan fingerprint density at radius 1 is 0.905 bits per heavy atom. The first kappa shape index (κ1) is 19.9. The van der Waals surface area contributed by atoms with E-state index in [9.17, 15) is 9.59 Å². The van der Waals surface area contributed by atoms with Crippen molar-refractivity contribution in [2.24, 2.45) is 11.8 Å². The third-order valence-corrected chi connectivity index (χ3v) is 3.32. The van der Waals surface area contributed by atoms with Gasteiger partial charge in [0.2, 0.25) is 0 Å². The zero-order valence-electron chi connectivity index (χ0n) is 14.6. The van der Waals surface area contributed by atoms with Crippen LogP contribution in [0.25, 0.3) is 0 Å². The summed E-state index contributed by atoms with van der Waals surface area (Å²) < 4.78 is 10.1. The number of hydrogen-bond acceptors (Lipinski definition) is 5. The van der Waals surface area contributed by atoms with Gasteiger partial charge in [-0.2, -0.15) is 0 Å². The lowest BCUT2D eigenvalue weighted by atomic mass is 10.00. The fraction of sp³-hybridized carbons (Fsp3) is 0.875. The van der Waals surface area contributed by atoms with Crippen molar-refractivity contribution in [3.63, 3.8) is 0 Å². The first-order valence-electron chi connectivity index (χ1n) is 7.71. The Morgan fingerprint density at radius 3 is 1.48 bits per heavy atom. The number of hydrogen-bond donors (Lipinski definition) is 0. The van der Waals surface area contributed by atoms with E-state index in [0.29, 0.717) is 26.3 Å². The first-order valence-corrected chi connectivity index (χ1v) is 7.71. The van der Waals surface area contributed by atoms with Crippen LogP contribution in [-0.2, 0) is 19.1 Å². The van der Waals surface area contributed by atoms with E-state index in [2.05, 4.69) is 25.7 Å². The quantitative estimate of drug-likeness (QED) is 0.645. The highest BCUT2D eigenvalue weighted by atomic mass is 16.5. The van der Waals surface area contributed by atoms with E-state index < -0.39 is 0 Å². The van der Waals surface area contributed by atoms with Gasteiger partial charge in [-0.1, -0.05) is 13.8 Å². The highest BCUT2D eigenvalue weighted by Gasteiger charge is 2.29. The van der Waals surface area contributed by atoms with Crippen molar-refractivity contribution in [1.82, 2.24) is 4.90 Å². The summed E-state index contributed by atoms with van der Waals surface area (Å²) in [6.07, 6.45) is 0. The molecule has 0 aromatic carbocycles. The predicted octanol–water partition coefficient (Wildman–Crippen LogP) is 2.49. The molecular weight excluding hydrogens is 270 g/mol. The van der Waals surface area contributed by atoms with Gasteiger partial charge in [-0.3, -0.25) is 14.5 Å². The summed E-state index contributed by atoms with van der Waals surface area (Å²) in [4.78, 5) is 25.7. The van der Waals surface area contributed by atoms with Crippen molar-refractivity contribution in [1.29, 1.82) is 0 Å². The maximum absolute atomic E-state index is 11.8. The minimum atomic E-state index is -0.224. The third-order valence-electron chi connectivity index (χ3n) is 3.32. The molecule has 0 saturated carbocycles. The summed E-state index contributed by atoms with van der Waals surface area (Å²) in [5, 5.41) is 0. The van der Waals surface area contributed by atoms with Crippen LogP contribution in [0, 0.1) is 11.8 Å². The standard InChI is InChI=1S/C16H31NO4/c1-8-20-14(18)12(3)10-17(16(5,6)7)11-13(4)15(19)21-9-2/h12-13H,8-11H2,1-7H3. The van der Waals surface area contributed by atoms with Gasteiger partial charge in [0.25, 0.3) is 0 Å². The lowest BCUT2D eigenvalue weighted by Gasteiger charge is -2.38. The summed E-state index contributed by atoms with van der Waals surface area (Å²) in [5.74, 6) is -0.844. The Hall–Kier alpha value is -1.10. The van der Waals surface area contributed by atoms with E-state index in [4.69, 9.17) is 9.47 Å². The molecule has 0 N–H and O–H groups in total. The van der Waals surface area contributed by atoms with Crippen LogP contribution >= 0.6 is 0 Å². The van der Waals surface area contributed by atoms with Crippen molar-refractivity contribution in [3.8, 4) is 0 Å². The molecule has 0 radical (unpaired) electrons. The van der Waals surface area contributed by atoms with Gasteiger partial charge in [0.15, 0.2) is 0 Å². The molecule has 0 aromatic heterocycles. The van der Waals surface area contributed by atoms with E-state index in [1.54, 1.807) is 13.8 Å². The first-order chi connectivity index (χ1) is 9.63. The lowest BCUT2D eigenvalue weighted by molar-refractivity contribution is -0.149. The minimum Gasteiger partial charge on any atom is -0.466 e. The molecule has 2 unspecified atom stereocenters. The molecule has 21 heavy (non-hydrogen) atoms. The third kappa shape index (κ3) is 7.46. The molecule has 0 aliphatic heterocycles. The molecule has 2 atom stereocenters. The van der Waals surface area contributed by atoms with Crippen molar-refractivity contribution >= 4 is 11.9 Å². The molecule has 124 valence electrons. The lowest BCUT2D eigenvalue weighted by Crippen LogP contribution is -2.48. The second-order valence-corrected chi connectivity index (χ2v) is 6.38. The molecule has 0 bridgehead atoms. The summed E-state index contributed by atoms with van der Waals surface area (Å²) in [7, 11) is 0. The molecule has 0 aliphatic rings. The molecular formula is C16H31NO4. The zero-order chi connectivity index (χ0) is 16.6. The van der Waals surface area contributed by atoms with Gasteiger partial charge in [0, 0.05) is 18.6 Å². The van der Waals surface area contributed by atoms with E-state index >= 15 is 0 Å². The smallest absolute Gasteiger partial charge is 0.309 e. The topological polar surface area (TPSA) is 55.8 Å². The highest BCUT2D eigenvalue weighted by Crippen LogP contribution is 2.18. The Morgan fingerprint density at radius 2 is 1.24 bits per heavy atom. The van der Waals surface area contributed by atoms with Gasteiger partial charge in [0.1, 0.15) is 0 Å². The number of carbonyl (C=O) groups excluding carboxylic acids is 2. The van der Waals surface area contributed by atoms with Gasteiger partial charge < -0.3 is 9.47 Å². The second kappa shape index (κ2) is 9.03. The van der Waals surface area contributed by atoms with E-state index in [1.165, 1.54) is 0 Å². The molecule has 0 aromatic rings. The van der Waals surface area contributed by atoms with Crippen LogP contribution in [0.4, 0.5) is 0 Å². The van der Waals surface area contributed by atoms with Gasteiger partial charge in [-0.15, -0.1) is 0 Å². The maximum Gasteiger partial charge on any atom is 0.309 e. The van der Waals surface area contributed by atoms with Crippen LogP contribution in [0.15, 0.2) is 0 Å². The van der Waals surface area contributed by atoms with Crippen LogP contribution < -0.4 is 0 Å². The van der Waals surface area contributed by atoms with Crippen molar-refractivity contribution in [2.45, 2.75) is 54.0 Å². The summed E-state index contributed by atoms with van der Waals surface area (Å²) in [6, 6.07) is 0. The summed E-state index contributed by atoms with van der Waals surface area (Å²) in [6.45, 7) is 15.4. The predicted molar refractivity (Wildman–Crippen MR) is 82.9 cm³/mol. The molecule has 5 nitrogen and oxygen atoms in total.